The van der Waals surface area contributed by atoms with E-state index in [1.54, 1.807) is 0 Å². The second kappa shape index (κ2) is 6.15. The molecule has 1 N–H and O–H groups in total. The molecular weight excluding hydrogens is 158 g/mol. The summed E-state index contributed by atoms with van der Waals surface area (Å²) in [6, 6.07) is 3.89. The number of hydrogen-bond acceptors (Lipinski definition) is 0. The third-order valence-corrected chi connectivity index (χ3v) is 0.496. The molecule has 1 aromatic heterocycles. The van der Waals surface area contributed by atoms with Gasteiger partial charge in [-0.25, -0.2) is 0 Å². The first-order valence-corrected chi connectivity index (χ1v) is 1.58. The Morgan fingerprint density at radius 2 is 1.43 bits per heavy atom. The van der Waals surface area contributed by atoms with Gasteiger partial charge in [0.25, 0.3) is 0 Å². The third kappa shape index (κ3) is 3.99. The van der Waals surface area contributed by atoms with Crippen LogP contribution in [-0.2, 0) is 17.1 Å². The molecule has 0 amide bonds. The van der Waals surface area contributed by atoms with Crippen molar-refractivity contribution in [2.45, 2.75) is 0 Å². The van der Waals surface area contributed by atoms with Crippen molar-refractivity contribution >= 4 is 13.5 Å². The number of rotatable bonds is 0. The number of aromatic nitrogens is 1. The Hall–Kier alpha value is 0.149. The summed E-state index contributed by atoms with van der Waals surface area (Å²) >= 11 is 0. The molecule has 45 valence electrons. The zero-order chi connectivity index (χ0) is 3.54. The average Bonchev–Trinajstić information content (AvgIpc) is 1.76. The summed E-state index contributed by atoms with van der Waals surface area (Å²) in [5.74, 6) is 0. The summed E-state index contributed by atoms with van der Waals surface area (Å²) in [7, 11) is 0. The molecule has 1 heterocycles. The first-order valence-electron chi connectivity index (χ1n) is 1.58. The van der Waals surface area contributed by atoms with Crippen LogP contribution in [0.3, 0.4) is 0 Å². The summed E-state index contributed by atoms with van der Waals surface area (Å²) in [4.78, 5) is 2.86. The van der Waals surface area contributed by atoms with E-state index in [0.717, 1.165) is 0 Å². The number of H-pyrrole nitrogens is 1. The van der Waals surface area contributed by atoms with E-state index in [-0.39, 0.29) is 30.6 Å². The molecule has 0 fully saturated rings. The van der Waals surface area contributed by atoms with E-state index in [1.807, 2.05) is 24.5 Å². The van der Waals surface area contributed by atoms with E-state index < -0.39 is 0 Å². The van der Waals surface area contributed by atoms with Crippen LogP contribution in [0.15, 0.2) is 24.5 Å². The molecule has 0 bridgehead atoms. The SMILES string of the molecule is S.[Cu].c1cc[nH]c1. The van der Waals surface area contributed by atoms with Gasteiger partial charge >= 0.3 is 0 Å². The second-order valence-electron chi connectivity index (χ2n) is 0.885. The van der Waals surface area contributed by atoms with Crippen molar-refractivity contribution in [3.8, 4) is 0 Å². The predicted molar refractivity (Wildman–Crippen MR) is 31.2 cm³/mol. The van der Waals surface area contributed by atoms with Gasteiger partial charge in [0.05, 0.1) is 0 Å². The summed E-state index contributed by atoms with van der Waals surface area (Å²) in [5.41, 5.74) is 0. The van der Waals surface area contributed by atoms with Gasteiger partial charge in [-0.1, -0.05) is 0 Å². The smallest absolute Gasteiger partial charge is 0.000496 e. The summed E-state index contributed by atoms with van der Waals surface area (Å²) < 4.78 is 0. The van der Waals surface area contributed by atoms with Crippen molar-refractivity contribution in [3.05, 3.63) is 24.5 Å². The maximum Gasteiger partial charge on any atom is 0.000496 e. The molecule has 0 aliphatic heterocycles. The summed E-state index contributed by atoms with van der Waals surface area (Å²) in [6.07, 6.45) is 3.75. The number of hydrogen-bond donors (Lipinski definition) is 1. The molecule has 0 aliphatic rings. The number of nitrogens with one attached hydrogen (secondary N) is 1. The van der Waals surface area contributed by atoms with Gasteiger partial charge in [-0.05, 0) is 12.1 Å². The zero-order valence-electron chi connectivity index (χ0n) is 3.61. The molecule has 0 spiro atoms. The largest absolute Gasteiger partial charge is 0.368 e. The Kier molecular flexibility index (Phi) is 8.96. The molecule has 0 unspecified atom stereocenters. The predicted octanol–water partition coefficient (Wildman–Crippen LogP) is 1.12. The van der Waals surface area contributed by atoms with Crippen molar-refractivity contribution in [2.24, 2.45) is 0 Å². The van der Waals surface area contributed by atoms with Gasteiger partial charge in [0.2, 0.25) is 0 Å². The molecule has 0 aromatic carbocycles. The maximum absolute atomic E-state index is 2.86. The molecule has 3 heteroatoms. The average molecular weight is 165 g/mol. The Bertz CT molecular complexity index is 68.2. The van der Waals surface area contributed by atoms with Gasteiger partial charge in [0.15, 0.2) is 0 Å². The van der Waals surface area contributed by atoms with Crippen LogP contribution in [0, 0.1) is 0 Å². The molecule has 1 nitrogen and oxygen atoms in total. The van der Waals surface area contributed by atoms with Crippen LogP contribution in [0.25, 0.3) is 0 Å². The molecule has 0 saturated heterocycles. The van der Waals surface area contributed by atoms with Crippen molar-refractivity contribution in [2.75, 3.05) is 0 Å². The zero-order valence-corrected chi connectivity index (χ0v) is 5.55. The molecule has 0 aliphatic carbocycles. The minimum atomic E-state index is 0. The Morgan fingerprint density at radius 3 is 1.57 bits per heavy atom. The second-order valence-corrected chi connectivity index (χ2v) is 0.885. The fraction of sp³-hybridized carbons (Fsp3) is 0. The molecule has 1 rings (SSSR count). The van der Waals surface area contributed by atoms with E-state index in [2.05, 4.69) is 4.98 Å². The van der Waals surface area contributed by atoms with Gasteiger partial charge < -0.3 is 4.98 Å². The van der Waals surface area contributed by atoms with Crippen molar-refractivity contribution in [1.29, 1.82) is 0 Å². The van der Waals surface area contributed by atoms with Crippen LogP contribution in [0.1, 0.15) is 0 Å². The fourth-order valence-electron chi connectivity index (χ4n) is 0.278. The van der Waals surface area contributed by atoms with Crippen molar-refractivity contribution in [3.63, 3.8) is 0 Å². The van der Waals surface area contributed by atoms with Gasteiger partial charge in [0, 0.05) is 29.5 Å². The van der Waals surface area contributed by atoms with Crippen molar-refractivity contribution in [1.82, 2.24) is 4.98 Å². The summed E-state index contributed by atoms with van der Waals surface area (Å²) in [6.45, 7) is 0. The number of aromatic amines is 1. The van der Waals surface area contributed by atoms with Gasteiger partial charge in [-0.2, -0.15) is 13.5 Å². The molecule has 1 aromatic rings. The fourth-order valence-corrected chi connectivity index (χ4v) is 0.278. The Morgan fingerprint density at radius 1 is 1.00 bits per heavy atom. The maximum atomic E-state index is 2.86. The van der Waals surface area contributed by atoms with Crippen LogP contribution >= 0.6 is 13.5 Å². The summed E-state index contributed by atoms with van der Waals surface area (Å²) in [5, 5.41) is 0. The molecular formula is C4H7CuNS. The van der Waals surface area contributed by atoms with E-state index in [0.29, 0.717) is 0 Å². The van der Waals surface area contributed by atoms with Crippen LogP contribution < -0.4 is 0 Å². The van der Waals surface area contributed by atoms with E-state index >= 15 is 0 Å². The van der Waals surface area contributed by atoms with Crippen LogP contribution in [0.5, 0.6) is 0 Å². The first kappa shape index (κ1) is 10.2. The van der Waals surface area contributed by atoms with Crippen LogP contribution in [0.2, 0.25) is 0 Å². The molecule has 0 atom stereocenters. The standard InChI is InChI=1S/C4H5N.Cu.H2S/c1-2-4-5-3-1;;/h1-5H;;1H2. The van der Waals surface area contributed by atoms with Gasteiger partial charge in [-0.15, -0.1) is 0 Å². The minimum Gasteiger partial charge on any atom is -0.368 e. The first-order chi connectivity index (χ1) is 2.50. The molecule has 1 radical (unpaired) electrons. The topological polar surface area (TPSA) is 15.8 Å². The normalized spacial score (nSPS) is 5.71. The quantitative estimate of drug-likeness (QED) is 0.554. The van der Waals surface area contributed by atoms with Crippen LogP contribution in [-0.4, -0.2) is 4.98 Å². The van der Waals surface area contributed by atoms with Gasteiger partial charge in [0.1, 0.15) is 0 Å². The van der Waals surface area contributed by atoms with Crippen molar-refractivity contribution < 1.29 is 17.1 Å². The van der Waals surface area contributed by atoms with E-state index in [9.17, 15) is 0 Å². The monoisotopic (exact) mass is 164 g/mol. The van der Waals surface area contributed by atoms with E-state index in [4.69, 9.17) is 0 Å². The third-order valence-electron chi connectivity index (χ3n) is 0.496. The molecule has 7 heavy (non-hydrogen) atoms. The van der Waals surface area contributed by atoms with Crippen LogP contribution in [0.4, 0.5) is 0 Å². The molecule has 0 saturated carbocycles. The van der Waals surface area contributed by atoms with E-state index in [1.165, 1.54) is 0 Å². The Labute approximate surface area is 60.4 Å². The van der Waals surface area contributed by atoms with Gasteiger partial charge in [-0.3, -0.25) is 0 Å². The minimum absolute atomic E-state index is 0. The Balaban J connectivity index is 0.